The average molecular weight is 301 g/mol. The summed E-state index contributed by atoms with van der Waals surface area (Å²) in [4.78, 5) is 13.3. The van der Waals surface area contributed by atoms with Crippen LogP contribution < -0.4 is 5.63 Å². The van der Waals surface area contributed by atoms with Crippen molar-refractivity contribution < 1.29 is 14.6 Å². The van der Waals surface area contributed by atoms with Crippen molar-refractivity contribution >= 4 is 21.9 Å². The Morgan fingerprint density at radius 2 is 1.67 bits per heavy atom. The molecule has 1 aromatic heterocycles. The standard InChI is InChI=1S/C16H12O4S/c1-21(11-8-6-10(17)7-9-11)15-14(18)12-4-2-3-5-13(12)20-16(15)19/h2-9H,1H3,(H-,17,18,19)/p+1. The maximum absolute atomic E-state index is 12.2. The SMILES string of the molecule is C[S+](c1ccc(O)cc1)c1c(O)c2ccccc2oc1=O. The molecule has 2 N–H and O–H groups in total. The summed E-state index contributed by atoms with van der Waals surface area (Å²) in [5, 5.41) is 20.3. The predicted molar refractivity (Wildman–Crippen MR) is 82.1 cm³/mol. The van der Waals surface area contributed by atoms with Crippen LogP contribution in [0.5, 0.6) is 11.5 Å². The molecular formula is C16H13O4S+. The van der Waals surface area contributed by atoms with Crippen molar-refractivity contribution in [3.63, 3.8) is 0 Å². The Bertz CT molecular complexity index is 852. The lowest BCUT2D eigenvalue weighted by Crippen LogP contribution is -2.14. The molecule has 0 aliphatic heterocycles. The van der Waals surface area contributed by atoms with E-state index in [2.05, 4.69) is 0 Å². The van der Waals surface area contributed by atoms with Crippen molar-refractivity contribution in [2.24, 2.45) is 0 Å². The molecule has 0 radical (unpaired) electrons. The minimum absolute atomic E-state index is 0.0410. The van der Waals surface area contributed by atoms with Crippen LogP contribution in [-0.2, 0) is 10.9 Å². The molecule has 1 heterocycles. The van der Waals surface area contributed by atoms with Crippen molar-refractivity contribution in [3.05, 3.63) is 59.0 Å². The Morgan fingerprint density at radius 1 is 1.00 bits per heavy atom. The van der Waals surface area contributed by atoms with Crippen LogP contribution in [0.15, 0.2) is 67.5 Å². The van der Waals surface area contributed by atoms with Crippen LogP contribution in [0, 0.1) is 0 Å². The Balaban J connectivity index is 2.20. The number of hydrogen-bond donors (Lipinski definition) is 2. The third kappa shape index (κ3) is 2.36. The molecule has 5 heteroatoms. The molecule has 1 atom stereocenters. The molecule has 0 bridgehead atoms. The second-order valence-corrected chi connectivity index (χ2v) is 6.47. The van der Waals surface area contributed by atoms with Crippen LogP contribution in [0.3, 0.4) is 0 Å². The largest absolute Gasteiger partial charge is 0.508 e. The monoisotopic (exact) mass is 301 g/mol. The fraction of sp³-hybridized carbons (Fsp3) is 0.0625. The van der Waals surface area contributed by atoms with Gasteiger partial charge in [0.2, 0.25) is 0 Å². The molecule has 2 aromatic carbocycles. The molecule has 21 heavy (non-hydrogen) atoms. The topological polar surface area (TPSA) is 70.7 Å². The molecule has 1 unspecified atom stereocenters. The molecule has 0 amide bonds. The molecule has 0 aliphatic carbocycles. The van der Waals surface area contributed by atoms with Crippen LogP contribution in [-0.4, -0.2) is 16.5 Å². The summed E-state index contributed by atoms with van der Waals surface area (Å²) >= 11 is 0. The third-order valence-corrected chi connectivity index (χ3v) is 5.19. The van der Waals surface area contributed by atoms with Crippen molar-refractivity contribution in [1.29, 1.82) is 0 Å². The van der Waals surface area contributed by atoms with Crippen LogP contribution in [0.4, 0.5) is 0 Å². The highest BCUT2D eigenvalue weighted by atomic mass is 32.2. The molecule has 106 valence electrons. The van der Waals surface area contributed by atoms with Crippen molar-refractivity contribution in [2.75, 3.05) is 6.26 Å². The van der Waals surface area contributed by atoms with Crippen LogP contribution in [0.1, 0.15) is 0 Å². The van der Waals surface area contributed by atoms with Gasteiger partial charge in [-0.25, -0.2) is 4.79 Å². The van der Waals surface area contributed by atoms with Gasteiger partial charge in [0, 0.05) is 0 Å². The van der Waals surface area contributed by atoms with Gasteiger partial charge in [-0.05, 0) is 36.4 Å². The Morgan fingerprint density at radius 3 is 2.38 bits per heavy atom. The second kappa shape index (κ2) is 5.18. The Labute approximate surface area is 123 Å². The molecule has 4 nitrogen and oxygen atoms in total. The summed E-state index contributed by atoms with van der Waals surface area (Å²) in [6.07, 6.45) is 1.84. The number of phenols is 1. The molecule has 0 spiro atoms. The van der Waals surface area contributed by atoms with Crippen LogP contribution in [0.25, 0.3) is 11.0 Å². The summed E-state index contributed by atoms with van der Waals surface area (Å²) in [6, 6.07) is 13.5. The number of aromatic hydroxyl groups is 2. The van der Waals surface area contributed by atoms with Crippen LogP contribution >= 0.6 is 0 Å². The zero-order valence-corrected chi connectivity index (χ0v) is 12.1. The minimum atomic E-state index is -0.652. The van der Waals surface area contributed by atoms with E-state index in [0.717, 1.165) is 4.90 Å². The maximum atomic E-state index is 12.2. The number of rotatable bonds is 2. The normalized spacial score (nSPS) is 12.4. The van der Waals surface area contributed by atoms with Gasteiger partial charge in [-0.2, -0.15) is 0 Å². The number of hydrogen-bond acceptors (Lipinski definition) is 4. The predicted octanol–water partition coefficient (Wildman–Crippen LogP) is 2.87. The van der Waals surface area contributed by atoms with Gasteiger partial charge in [-0.3, -0.25) is 0 Å². The molecule has 3 aromatic rings. The Hall–Kier alpha value is -2.40. The van der Waals surface area contributed by atoms with E-state index in [4.69, 9.17) is 4.42 Å². The third-order valence-electron chi connectivity index (χ3n) is 3.24. The molecule has 0 saturated heterocycles. The van der Waals surface area contributed by atoms with E-state index in [9.17, 15) is 15.0 Å². The number of fused-ring (bicyclic) bond motifs is 1. The van der Waals surface area contributed by atoms with E-state index in [1.165, 1.54) is 0 Å². The second-order valence-electron chi connectivity index (χ2n) is 4.57. The van der Waals surface area contributed by atoms with Crippen molar-refractivity contribution in [2.45, 2.75) is 9.79 Å². The van der Waals surface area contributed by atoms with Gasteiger partial charge in [0.05, 0.1) is 16.3 Å². The van der Waals surface area contributed by atoms with E-state index in [1.807, 2.05) is 6.26 Å². The van der Waals surface area contributed by atoms with Gasteiger partial charge in [0.1, 0.15) is 17.6 Å². The van der Waals surface area contributed by atoms with E-state index >= 15 is 0 Å². The summed E-state index contributed by atoms with van der Waals surface area (Å²) in [6.45, 7) is 0. The quantitative estimate of drug-likeness (QED) is 0.564. The van der Waals surface area contributed by atoms with Gasteiger partial charge in [-0.1, -0.05) is 12.1 Å². The highest BCUT2D eigenvalue weighted by Crippen LogP contribution is 2.32. The summed E-state index contributed by atoms with van der Waals surface area (Å²) in [5.41, 5.74) is -0.170. The lowest BCUT2D eigenvalue weighted by Gasteiger charge is -2.05. The Kier molecular flexibility index (Phi) is 3.35. The number of phenolic OH excluding ortho intramolecular Hbond substituents is 1. The van der Waals surface area contributed by atoms with E-state index in [-0.39, 0.29) is 16.4 Å². The van der Waals surface area contributed by atoms with Gasteiger partial charge >= 0.3 is 5.63 Å². The van der Waals surface area contributed by atoms with Gasteiger partial charge in [0.15, 0.2) is 10.6 Å². The number of para-hydroxylation sites is 1. The summed E-state index contributed by atoms with van der Waals surface area (Å²) in [5.74, 6) is 0.117. The number of benzene rings is 2. The first kappa shape index (κ1) is 13.6. The molecular weight excluding hydrogens is 288 g/mol. The molecule has 0 fully saturated rings. The maximum Gasteiger partial charge on any atom is 0.396 e. The molecule has 3 rings (SSSR count). The first-order valence-corrected chi connectivity index (χ1v) is 7.91. The highest BCUT2D eigenvalue weighted by Gasteiger charge is 2.30. The highest BCUT2D eigenvalue weighted by molar-refractivity contribution is 7.96. The van der Waals surface area contributed by atoms with Crippen molar-refractivity contribution in [1.82, 2.24) is 0 Å². The first-order chi connectivity index (χ1) is 10.1. The first-order valence-electron chi connectivity index (χ1n) is 6.27. The summed E-state index contributed by atoms with van der Waals surface area (Å²) in [7, 11) is -0.652. The average Bonchev–Trinajstić information content (AvgIpc) is 2.48. The van der Waals surface area contributed by atoms with Crippen molar-refractivity contribution in [3.8, 4) is 11.5 Å². The molecule has 0 saturated carbocycles. The fourth-order valence-electron chi connectivity index (χ4n) is 2.15. The zero-order chi connectivity index (χ0) is 15.0. The van der Waals surface area contributed by atoms with E-state index in [0.29, 0.717) is 11.0 Å². The minimum Gasteiger partial charge on any atom is -0.508 e. The van der Waals surface area contributed by atoms with E-state index in [1.54, 1.807) is 48.5 Å². The molecule has 0 aliphatic rings. The summed E-state index contributed by atoms with van der Waals surface area (Å²) < 4.78 is 5.28. The zero-order valence-electron chi connectivity index (χ0n) is 11.2. The van der Waals surface area contributed by atoms with Crippen LogP contribution in [0.2, 0.25) is 0 Å². The van der Waals surface area contributed by atoms with Gasteiger partial charge in [-0.15, -0.1) is 0 Å². The fourth-order valence-corrected chi connectivity index (χ4v) is 3.63. The smallest absolute Gasteiger partial charge is 0.396 e. The van der Waals surface area contributed by atoms with Gasteiger partial charge < -0.3 is 14.6 Å². The van der Waals surface area contributed by atoms with E-state index < -0.39 is 16.5 Å². The lowest BCUT2D eigenvalue weighted by molar-refractivity contribution is 0.446. The lowest BCUT2D eigenvalue weighted by atomic mass is 10.2. The van der Waals surface area contributed by atoms with Gasteiger partial charge in [0.25, 0.3) is 4.90 Å².